The van der Waals surface area contributed by atoms with E-state index in [2.05, 4.69) is 6.92 Å². The molecule has 7 nitrogen and oxygen atoms in total. The van der Waals surface area contributed by atoms with Gasteiger partial charge in [-0.25, -0.2) is 0 Å². The molecular weight excluding hydrogens is 376 g/mol. The van der Waals surface area contributed by atoms with Crippen molar-refractivity contribution in [2.24, 2.45) is 0 Å². The van der Waals surface area contributed by atoms with Crippen LogP contribution in [0.5, 0.6) is 0 Å². The Morgan fingerprint density at radius 3 is 1.80 bits per heavy atom. The number of unbranched alkanes of at least 4 members (excludes halogenated alkanes) is 9. The molecule has 0 aromatic carbocycles. The quantitative estimate of drug-likeness (QED) is 0.185. The Bertz CT molecular complexity index is 475. The van der Waals surface area contributed by atoms with Crippen LogP contribution in [0.4, 0.5) is 0 Å². The molecule has 0 saturated heterocycles. The van der Waals surface area contributed by atoms with Crippen molar-refractivity contribution in [1.29, 1.82) is 0 Å². The van der Waals surface area contributed by atoms with Crippen LogP contribution in [0, 0.1) is 0 Å². The van der Waals surface area contributed by atoms with Gasteiger partial charge in [0.15, 0.2) is 5.25 Å². The molecular formula is C16H32CaO7S. The Kier molecular flexibility index (Phi) is 17.8. The summed E-state index contributed by atoms with van der Waals surface area (Å²) in [7, 11) is -4.78. The number of hydrogen-bond acceptors (Lipinski definition) is 5. The fraction of sp³-hybridized carbons (Fsp3) is 0.875. The number of carbonyl (C=O) groups is 2. The molecule has 0 fully saturated rings. The summed E-state index contributed by atoms with van der Waals surface area (Å²) < 4.78 is 35.6. The van der Waals surface area contributed by atoms with E-state index >= 15 is 0 Å². The molecule has 0 aromatic heterocycles. The average molecular weight is 409 g/mol. The van der Waals surface area contributed by atoms with Crippen molar-refractivity contribution in [3.05, 3.63) is 0 Å². The fourth-order valence-electron chi connectivity index (χ4n) is 2.32. The third-order valence-corrected chi connectivity index (χ3v) is 4.80. The summed E-state index contributed by atoms with van der Waals surface area (Å²) in [6, 6.07) is 0. The zero-order chi connectivity index (χ0) is 18.4. The maximum atomic E-state index is 11.6. The maximum Gasteiger partial charge on any atom is 2.00 e. The van der Waals surface area contributed by atoms with Crippen molar-refractivity contribution in [1.82, 2.24) is 0 Å². The van der Waals surface area contributed by atoms with Gasteiger partial charge in [-0.05, 0) is 6.42 Å². The Balaban J connectivity index is -0.000000882. The molecule has 1 unspecified atom stereocenters. The molecule has 2 N–H and O–H groups in total. The Morgan fingerprint density at radius 1 is 0.960 bits per heavy atom. The third-order valence-electron chi connectivity index (χ3n) is 3.72. The number of carboxylic acids is 1. The first kappa shape index (κ1) is 27.3. The maximum absolute atomic E-state index is 11.6. The second-order valence-electron chi connectivity index (χ2n) is 5.95. The zero-order valence-electron chi connectivity index (χ0n) is 17.1. The van der Waals surface area contributed by atoms with Gasteiger partial charge in [0.1, 0.15) is 0 Å². The molecule has 0 bridgehead atoms. The second-order valence-corrected chi connectivity index (χ2v) is 7.55. The zero-order valence-corrected chi connectivity index (χ0v) is 18.1. The molecule has 0 spiro atoms. The molecule has 0 aliphatic carbocycles. The van der Waals surface area contributed by atoms with Crippen molar-refractivity contribution >= 4 is 59.8 Å². The second kappa shape index (κ2) is 16.3. The minimum atomic E-state index is -4.78. The van der Waals surface area contributed by atoms with Gasteiger partial charge in [0.2, 0.25) is 0 Å². The van der Waals surface area contributed by atoms with E-state index in [4.69, 9.17) is 14.4 Å². The molecule has 9 heteroatoms. The average Bonchev–Trinajstić information content (AvgIpc) is 2.48. The standard InChI is InChI=1S/C16H30O7S.Ca.2H/c1-2-3-4-5-6-7-8-9-10-11-12-23-16(19)14(13-15(17)18)24(20,21)22;;;/h14H,2-13H2,1H3,(H,17,18)(H,20,21,22);;;/q;+2;2*-1. The number of hydrogen-bond donors (Lipinski definition) is 2. The molecule has 0 aromatic rings. The van der Waals surface area contributed by atoms with Crippen molar-refractivity contribution in [2.45, 2.75) is 82.8 Å². The van der Waals surface area contributed by atoms with E-state index in [9.17, 15) is 18.0 Å². The molecule has 0 saturated carbocycles. The molecule has 0 amide bonds. The van der Waals surface area contributed by atoms with Crippen molar-refractivity contribution in [3.8, 4) is 0 Å². The van der Waals surface area contributed by atoms with Crippen LogP contribution in [0.1, 0.15) is 80.4 Å². The number of esters is 1. The number of aliphatic carboxylic acids is 1. The van der Waals surface area contributed by atoms with Crippen LogP contribution in [0.25, 0.3) is 0 Å². The summed E-state index contributed by atoms with van der Waals surface area (Å²) in [6.07, 6.45) is 10.1. The van der Waals surface area contributed by atoms with Gasteiger partial charge < -0.3 is 12.7 Å². The van der Waals surface area contributed by atoms with Crippen LogP contribution >= 0.6 is 0 Å². The topological polar surface area (TPSA) is 118 Å². The minimum absolute atomic E-state index is 0. The van der Waals surface area contributed by atoms with E-state index < -0.39 is 33.7 Å². The van der Waals surface area contributed by atoms with Gasteiger partial charge in [0.25, 0.3) is 10.1 Å². The van der Waals surface area contributed by atoms with Crippen LogP contribution in [0.3, 0.4) is 0 Å². The van der Waals surface area contributed by atoms with Crippen LogP contribution in [0.15, 0.2) is 0 Å². The summed E-state index contributed by atoms with van der Waals surface area (Å²) >= 11 is 0. The predicted octanol–water partition coefficient (Wildman–Crippen LogP) is 3.03. The number of ether oxygens (including phenoxy) is 1. The molecule has 1 atom stereocenters. The van der Waals surface area contributed by atoms with Crippen molar-refractivity contribution in [3.63, 3.8) is 0 Å². The Morgan fingerprint density at radius 2 is 1.40 bits per heavy atom. The smallest absolute Gasteiger partial charge is 1.00 e. The number of carbonyl (C=O) groups excluding carboxylic acids is 1. The van der Waals surface area contributed by atoms with E-state index in [0.29, 0.717) is 6.42 Å². The van der Waals surface area contributed by atoms with Crippen molar-refractivity contribution in [2.75, 3.05) is 6.61 Å². The van der Waals surface area contributed by atoms with E-state index in [0.717, 1.165) is 19.3 Å². The van der Waals surface area contributed by atoms with Crippen molar-refractivity contribution < 1.29 is 35.3 Å². The Hall–Kier alpha value is 0.110. The van der Waals surface area contributed by atoms with E-state index in [-0.39, 0.29) is 47.2 Å². The van der Waals surface area contributed by atoms with Gasteiger partial charge in [-0.3, -0.25) is 14.1 Å². The molecule has 0 aliphatic heterocycles. The summed E-state index contributed by atoms with van der Waals surface area (Å²) in [4.78, 5) is 22.1. The normalized spacial score (nSPS) is 12.2. The van der Waals surface area contributed by atoms with E-state index in [1.54, 1.807) is 0 Å². The largest absolute Gasteiger partial charge is 2.00 e. The molecule has 0 rings (SSSR count). The van der Waals surface area contributed by atoms with Crippen LogP contribution < -0.4 is 0 Å². The molecule has 146 valence electrons. The molecule has 0 heterocycles. The van der Waals surface area contributed by atoms with Gasteiger partial charge >= 0.3 is 49.7 Å². The van der Waals surface area contributed by atoms with Gasteiger partial charge in [-0.1, -0.05) is 64.7 Å². The summed E-state index contributed by atoms with van der Waals surface area (Å²) in [5, 5.41) is 6.52. The summed E-state index contributed by atoms with van der Waals surface area (Å²) in [5.41, 5.74) is 0. The first-order valence-corrected chi connectivity index (χ1v) is 10.1. The van der Waals surface area contributed by atoms with Crippen LogP contribution in [0.2, 0.25) is 0 Å². The van der Waals surface area contributed by atoms with Gasteiger partial charge in [-0.2, -0.15) is 8.42 Å². The van der Waals surface area contributed by atoms with Crippen LogP contribution in [-0.2, 0) is 24.4 Å². The van der Waals surface area contributed by atoms with Gasteiger partial charge in [0.05, 0.1) is 13.0 Å². The first-order chi connectivity index (χ1) is 11.3. The van der Waals surface area contributed by atoms with E-state index in [1.165, 1.54) is 38.5 Å². The molecule has 25 heavy (non-hydrogen) atoms. The summed E-state index contributed by atoms with van der Waals surface area (Å²) in [5.74, 6) is -2.70. The Labute approximate surface area is 183 Å². The fourth-order valence-corrected chi connectivity index (χ4v) is 2.99. The van der Waals surface area contributed by atoms with Gasteiger partial charge in [-0.15, -0.1) is 0 Å². The SMILES string of the molecule is CCCCCCCCCCCCOC(=O)C(CC(=O)O)S(=O)(=O)O.[Ca+2].[H-].[H-]. The number of rotatable bonds is 15. The molecule has 0 aliphatic rings. The first-order valence-electron chi connectivity index (χ1n) is 8.63. The monoisotopic (exact) mass is 408 g/mol. The number of carboxylic acid groups (broad SMARTS) is 1. The third kappa shape index (κ3) is 16.0. The molecule has 0 radical (unpaired) electrons. The predicted molar refractivity (Wildman–Crippen MR) is 98.4 cm³/mol. The summed E-state index contributed by atoms with van der Waals surface area (Å²) in [6.45, 7) is 2.22. The van der Waals surface area contributed by atoms with Crippen LogP contribution in [-0.4, -0.2) is 79.6 Å². The van der Waals surface area contributed by atoms with E-state index in [1.807, 2.05) is 0 Å². The minimum Gasteiger partial charge on any atom is -1.00 e. The van der Waals surface area contributed by atoms with Gasteiger partial charge in [0, 0.05) is 0 Å².